The maximum atomic E-state index is 11.9. The number of nitrogens with zero attached hydrogens (tertiary/aromatic N) is 2. The molecule has 1 aromatic carbocycles. The monoisotopic (exact) mass is 231 g/mol. The van der Waals surface area contributed by atoms with Crippen LogP contribution in [-0.2, 0) is 7.05 Å². The lowest BCUT2D eigenvalue weighted by atomic mass is 10.3. The number of carbonyl (C=O) groups excluding carboxylic acids is 1. The zero-order valence-corrected chi connectivity index (χ0v) is 9.68. The second-order valence-corrected chi connectivity index (χ2v) is 3.49. The van der Waals surface area contributed by atoms with Gasteiger partial charge in [0.2, 0.25) is 0 Å². The topological polar surface area (TPSA) is 56.1 Å². The van der Waals surface area contributed by atoms with Crippen LogP contribution in [-0.4, -0.2) is 22.8 Å². The van der Waals surface area contributed by atoms with Gasteiger partial charge in [-0.1, -0.05) is 12.1 Å². The fourth-order valence-corrected chi connectivity index (χ4v) is 1.53. The molecule has 1 aromatic heterocycles. The molecule has 0 aliphatic rings. The average Bonchev–Trinajstić information content (AvgIpc) is 2.76. The number of carbonyl (C=O) groups is 1. The first-order chi connectivity index (χ1) is 8.22. The van der Waals surface area contributed by atoms with Crippen LogP contribution < -0.4 is 10.1 Å². The summed E-state index contributed by atoms with van der Waals surface area (Å²) in [5.41, 5.74) is 1.14. The molecule has 1 N–H and O–H groups in total. The number of aromatic nitrogens is 2. The first kappa shape index (κ1) is 11.2. The molecule has 0 bridgehead atoms. The molecule has 0 saturated heterocycles. The minimum Gasteiger partial charge on any atom is -0.495 e. The van der Waals surface area contributed by atoms with Crippen molar-refractivity contribution in [3.8, 4) is 5.75 Å². The Morgan fingerprint density at radius 2 is 2.12 bits per heavy atom. The SMILES string of the molecule is COc1ccccc1NC(=O)c1ccnn1C. The average molecular weight is 231 g/mol. The van der Waals surface area contributed by atoms with Crippen molar-refractivity contribution in [3.05, 3.63) is 42.2 Å². The summed E-state index contributed by atoms with van der Waals surface area (Å²) < 4.78 is 6.68. The van der Waals surface area contributed by atoms with Gasteiger partial charge in [-0.25, -0.2) is 0 Å². The van der Waals surface area contributed by atoms with E-state index in [0.29, 0.717) is 17.1 Å². The molecule has 0 atom stereocenters. The van der Waals surface area contributed by atoms with Gasteiger partial charge in [0.05, 0.1) is 12.8 Å². The molecule has 1 heterocycles. The summed E-state index contributed by atoms with van der Waals surface area (Å²) in [4.78, 5) is 11.9. The van der Waals surface area contributed by atoms with E-state index in [9.17, 15) is 4.79 Å². The van der Waals surface area contributed by atoms with Crippen molar-refractivity contribution < 1.29 is 9.53 Å². The van der Waals surface area contributed by atoms with E-state index in [1.54, 1.807) is 38.6 Å². The van der Waals surface area contributed by atoms with Crippen LogP contribution in [0.3, 0.4) is 0 Å². The van der Waals surface area contributed by atoms with Crippen molar-refractivity contribution in [2.24, 2.45) is 7.05 Å². The van der Waals surface area contributed by atoms with Crippen LogP contribution in [0.5, 0.6) is 5.75 Å². The van der Waals surface area contributed by atoms with E-state index in [2.05, 4.69) is 10.4 Å². The van der Waals surface area contributed by atoms with Crippen molar-refractivity contribution in [1.82, 2.24) is 9.78 Å². The number of hydrogen-bond donors (Lipinski definition) is 1. The van der Waals surface area contributed by atoms with Crippen molar-refractivity contribution in [2.45, 2.75) is 0 Å². The molecule has 0 spiro atoms. The standard InChI is InChI=1S/C12H13N3O2/c1-15-10(7-8-13-15)12(16)14-9-5-3-4-6-11(9)17-2/h3-8H,1-2H3,(H,14,16). The molecule has 0 saturated carbocycles. The summed E-state index contributed by atoms with van der Waals surface area (Å²) in [5.74, 6) is 0.414. The van der Waals surface area contributed by atoms with Crippen LogP contribution >= 0.6 is 0 Å². The maximum absolute atomic E-state index is 11.9. The summed E-state index contributed by atoms with van der Waals surface area (Å²) in [7, 11) is 3.28. The number of amides is 1. The predicted molar refractivity (Wildman–Crippen MR) is 64.2 cm³/mol. The van der Waals surface area contributed by atoms with Gasteiger partial charge in [-0.05, 0) is 18.2 Å². The number of hydrogen-bond acceptors (Lipinski definition) is 3. The van der Waals surface area contributed by atoms with Gasteiger partial charge >= 0.3 is 0 Å². The van der Waals surface area contributed by atoms with Gasteiger partial charge in [-0.3, -0.25) is 9.48 Å². The highest BCUT2D eigenvalue weighted by Crippen LogP contribution is 2.23. The van der Waals surface area contributed by atoms with Gasteiger partial charge in [-0.15, -0.1) is 0 Å². The van der Waals surface area contributed by atoms with E-state index in [0.717, 1.165) is 0 Å². The number of anilines is 1. The van der Waals surface area contributed by atoms with Gasteiger partial charge in [0.15, 0.2) is 0 Å². The number of ether oxygens (including phenoxy) is 1. The molecule has 17 heavy (non-hydrogen) atoms. The molecule has 2 aromatic rings. The predicted octanol–water partition coefficient (Wildman–Crippen LogP) is 1.68. The second-order valence-electron chi connectivity index (χ2n) is 3.49. The number of rotatable bonds is 3. The molecule has 0 aliphatic carbocycles. The summed E-state index contributed by atoms with van der Waals surface area (Å²) in [5, 5.41) is 6.73. The lowest BCUT2D eigenvalue weighted by Gasteiger charge is -2.09. The molecule has 5 nitrogen and oxygen atoms in total. The molecule has 0 unspecified atom stereocenters. The fraction of sp³-hybridized carbons (Fsp3) is 0.167. The molecular weight excluding hydrogens is 218 g/mol. The van der Waals surface area contributed by atoms with Crippen molar-refractivity contribution >= 4 is 11.6 Å². The third-order valence-corrected chi connectivity index (χ3v) is 2.41. The normalized spacial score (nSPS) is 10.0. The van der Waals surface area contributed by atoms with Gasteiger partial charge in [0.25, 0.3) is 5.91 Å². The van der Waals surface area contributed by atoms with Crippen molar-refractivity contribution in [1.29, 1.82) is 0 Å². The Labute approximate surface area is 99.0 Å². The summed E-state index contributed by atoms with van der Waals surface area (Å²) in [6.07, 6.45) is 1.58. The first-order valence-corrected chi connectivity index (χ1v) is 5.14. The minimum atomic E-state index is -0.213. The van der Waals surface area contributed by atoms with Crippen LogP contribution in [0.25, 0.3) is 0 Å². The van der Waals surface area contributed by atoms with Gasteiger partial charge in [0.1, 0.15) is 11.4 Å². The first-order valence-electron chi connectivity index (χ1n) is 5.14. The highest BCUT2D eigenvalue weighted by atomic mass is 16.5. The lowest BCUT2D eigenvalue weighted by Crippen LogP contribution is -2.16. The number of nitrogens with one attached hydrogen (secondary N) is 1. The quantitative estimate of drug-likeness (QED) is 0.874. The highest BCUT2D eigenvalue weighted by molar-refractivity contribution is 6.03. The Kier molecular flexibility index (Phi) is 3.09. The lowest BCUT2D eigenvalue weighted by molar-refractivity contribution is 0.101. The Hall–Kier alpha value is -2.30. The van der Waals surface area contributed by atoms with Crippen LogP contribution in [0.15, 0.2) is 36.5 Å². The second kappa shape index (κ2) is 4.69. The van der Waals surface area contributed by atoms with E-state index in [-0.39, 0.29) is 5.91 Å². The zero-order chi connectivity index (χ0) is 12.3. The molecule has 2 rings (SSSR count). The number of para-hydroxylation sites is 2. The fourth-order valence-electron chi connectivity index (χ4n) is 1.53. The maximum Gasteiger partial charge on any atom is 0.274 e. The third kappa shape index (κ3) is 2.28. The minimum absolute atomic E-state index is 0.213. The molecule has 0 radical (unpaired) electrons. The molecule has 0 fully saturated rings. The van der Waals surface area contributed by atoms with Gasteiger partial charge in [0, 0.05) is 13.2 Å². The highest BCUT2D eigenvalue weighted by Gasteiger charge is 2.11. The van der Waals surface area contributed by atoms with Gasteiger partial charge in [-0.2, -0.15) is 5.10 Å². The van der Waals surface area contributed by atoms with E-state index in [4.69, 9.17) is 4.74 Å². The largest absolute Gasteiger partial charge is 0.495 e. The van der Waals surface area contributed by atoms with Crippen molar-refractivity contribution in [3.63, 3.8) is 0 Å². The molecular formula is C12H13N3O2. The van der Waals surface area contributed by atoms with Crippen molar-refractivity contribution in [2.75, 3.05) is 12.4 Å². The third-order valence-electron chi connectivity index (χ3n) is 2.41. The van der Waals surface area contributed by atoms with E-state index in [1.807, 2.05) is 12.1 Å². The van der Waals surface area contributed by atoms with Crippen LogP contribution in [0, 0.1) is 0 Å². The van der Waals surface area contributed by atoms with E-state index in [1.165, 1.54) is 4.68 Å². The van der Waals surface area contributed by atoms with Crippen LogP contribution in [0.1, 0.15) is 10.5 Å². The van der Waals surface area contributed by atoms with E-state index < -0.39 is 0 Å². The Bertz CT molecular complexity index is 534. The summed E-state index contributed by atoms with van der Waals surface area (Å²) in [6, 6.07) is 8.91. The molecule has 88 valence electrons. The number of methoxy groups -OCH3 is 1. The Morgan fingerprint density at radius 1 is 1.35 bits per heavy atom. The van der Waals surface area contributed by atoms with Gasteiger partial charge < -0.3 is 10.1 Å². The van der Waals surface area contributed by atoms with Crippen LogP contribution in [0.2, 0.25) is 0 Å². The zero-order valence-electron chi connectivity index (χ0n) is 9.68. The van der Waals surface area contributed by atoms with E-state index >= 15 is 0 Å². The molecule has 1 amide bonds. The summed E-state index contributed by atoms with van der Waals surface area (Å²) >= 11 is 0. The smallest absolute Gasteiger partial charge is 0.274 e. The molecule has 5 heteroatoms. The van der Waals surface area contributed by atoms with Crippen LogP contribution in [0.4, 0.5) is 5.69 Å². The Morgan fingerprint density at radius 3 is 2.76 bits per heavy atom. The number of benzene rings is 1. The number of aryl methyl sites for hydroxylation is 1. The Balaban J connectivity index is 2.22. The summed E-state index contributed by atoms with van der Waals surface area (Å²) in [6.45, 7) is 0. The molecule has 0 aliphatic heterocycles.